The fourth-order valence-electron chi connectivity index (χ4n) is 3.68. The van der Waals surface area contributed by atoms with Gasteiger partial charge in [-0.3, -0.25) is 4.79 Å². The number of ether oxygens (including phenoxy) is 1. The lowest BCUT2D eigenvalue weighted by atomic mass is 10.1. The molecule has 4 rings (SSSR count). The zero-order valence-electron chi connectivity index (χ0n) is 16.5. The van der Waals surface area contributed by atoms with Crippen LogP contribution < -0.4 is 0 Å². The number of morpholine rings is 1. The van der Waals surface area contributed by atoms with E-state index in [1.165, 1.54) is 5.56 Å². The first-order chi connectivity index (χ1) is 13.5. The van der Waals surface area contributed by atoms with Crippen molar-refractivity contribution in [3.05, 3.63) is 71.9 Å². The Hall–Kier alpha value is -2.92. The first kappa shape index (κ1) is 18.4. The quantitative estimate of drug-likeness (QED) is 0.692. The summed E-state index contributed by atoms with van der Waals surface area (Å²) in [5, 5.41) is 4.77. The van der Waals surface area contributed by atoms with Crippen molar-refractivity contribution in [2.75, 3.05) is 13.1 Å². The smallest absolute Gasteiger partial charge is 0.257 e. The van der Waals surface area contributed by atoms with Gasteiger partial charge in [-0.1, -0.05) is 48.0 Å². The minimum Gasteiger partial charge on any atom is -0.372 e. The van der Waals surface area contributed by atoms with Gasteiger partial charge in [0.05, 0.1) is 23.5 Å². The first-order valence-corrected chi connectivity index (χ1v) is 9.68. The molecule has 0 N–H and O–H groups in total. The van der Waals surface area contributed by atoms with Crippen LogP contribution in [0.25, 0.3) is 16.9 Å². The van der Waals surface area contributed by atoms with E-state index in [1.807, 2.05) is 79.5 Å². The monoisotopic (exact) mass is 375 g/mol. The van der Waals surface area contributed by atoms with Crippen LogP contribution in [0.15, 0.2) is 60.8 Å². The van der Waals surface area contributed by atoms with Gasteiger partial charge in [0.1, 0.15) is 5.69 Å². The molecule has 1 aliphatic rings. The number of amides is 1. The zero-order chi connectivity index (χ0) is 19.7. The van der Waals surface area contributed by atoms with Crippen LogP contribution in [0.3, 0.4) is 0 Å². The average Bonchev–Trinajstić information content (AvgIpc) is 3.13. The van der Waals surface area contributed by atoms with Crippen LogP contribution in [0, 0.1) is 6.92 Å². The van der Waals surface area contributed by atoms with E-state index in [1.54, 1.807) is 4.68 Å². The molecule has 2 aromatic carbocycles. The molecule has 2 unspecified atom stereocenters. The van der Waals surface area contributed by atoms with Crippen molar-refractivity contribution in [3.8, 4) is 16.9 Å². The predicted molar refractivity (Wildman–Crippen MR) is 110 cm³/mol. The maximum atomic E-state index is 13.4. The third-order valence-corrected chi connectivity index (χ3v) is 5.00. The van der Waals surface area contributed by atoms with Gasteiger partial charge in [0, 0.05) is 24.8 Å². The molecule has 5 nitrogen and oxygen atoms in total. The molecule has 0 saturated carbocycles. The van der Waals surface area contributed by atoms with E-state index in [4.69, 9.17) is 9.84 Å². The number of hydrogen-bond donors (Lipinski definition) is 0. The number of benzene rings is 2. The van der Waals surface area contributed by atoms with Crippen LogP contribution in [0.1, 0.15) is 29.8 Å². The molecule has 0 radical (unpaired) electrons. The Morgan fingerprint density at radius 1 is 1.00 bits per heavy atom. The van der Waals surface area contributed by atoms with Gasteiger partial charge in [-0.2, -0.15) is 5.10 Å². The minimum atomic E-state index is -0.000727. The third-order valence-electron chi connectivity index (χ3n) is 5.00. The second-order valence-electron chi connectivity index (χ2n) is 7.50. The highest BCUT2D eigenvalue weighted by molar-refractivity contribution is 6.00. The third kappa shape index (κ3) is 3.71. The lowest BCUT2D eigenvalue weighted by Gasteiger charge is -2.35. The molecule has 1 aliphatic heterocycles. The number of rotatable bonds is 3. The highest BCUT2D eigenvalue weighted by atomic mass is 16.5. The summed E-state index contributed by atoms with van der Waals surface area (Å²) in [5.74, 6) is -0.000727. The molecule has 1 amide bonds. The van der Waals surface area contributed by atoms with E-state index in [-0.39, 0.29) is 18.1 Å². The number of aryl methyl sites for hydroxylation is 1. The van der Waals surface area contributed by atoms with Crippen LogP contribution in [0.5, 0.6) is 0 Å². The van der Waals surface area contributed by atoms with E-state index in [2.05, 4.69) is 6.92 Å². The van der Waals surface area contributed by atoms with Crippen molar-refractivity contribution < 1.29 is 9.53 Å². The lowest BCUT2D eigenvalue weighted by molar-refractivity contribution is -0.0586. The standard InChI is InChI=1S/C23H25N3O2/c1-16-9-11-20(12-10-16)26-15-21(22(24-26)19-7-5-4-6-8-19)23(27)25-13-17(2)28-18(3)14-25/h4-12,15,17-18H,13-14H2,1-3H3. The summed E-state index contributed by atoms with van der Waals surface area (Å²) < 4.78 is 7.58. The normalized spacial score (nSPS) is 19.6. The first-order valence-electron chi connectivity index (χ1n) is 9.68. The largest absolute Gasteiger partial charge is 0.372 e. The summed E-state index contributed by atoms with van der Waals surface area (Å²) in [7, 11) is 0. The summed E-state index contributed by atoms with van der Waals surface area (Å²) in [4.78, 5) is 15.3. The molecule has 5 heteroatoms. The highest BCUT2D eigenvalue weighted by Crippen LogP contribution is 2.26. The SMILES string of the molecule is Cc1ccc(-n2cc(C(=O)N3CC(C)OC(C)C3)c(-c3ccccc3)n2)cc1. The van der Waals surface area contributed by atoms with Gasteiger partial charge in [0.25, 0.3) is 5.91 Å². The summed E-state index contributed by atoms with van der Waals surface area (Å²) in [5.41, 5.74) is 4.38. The van der Waals surface area contributed by atoms with E-state index in [0.29, 0.717) is 24.3 Å². The van der Waals surface area contributed by atoms with Crippen LogP contribution in [-0.2, 0) is 4.74 Å². The van der Waals surface area contributed by atoms with Gasteiger partial charge in [0.15, 0.2) is 0 Å². The van der Waals surface area contributed by atoms with Crippen molar-refractivity contribution in [3.63, 3.8) is 0 Å². The van der Waals surface area contributed by atoms with Gasteiger partial charge in [-0.15, -0.1) is 0 Å². The molecular weight excluding hydrogens is 350 g/mol. The lowest BCUT2D eigenvalue weighted by Crippen LogP contribution is -2.48. The van der Waals surface area contributed by atoms with Crippen molar-refractivity contribution in [1.29, 1.82) is 0 Å². The van der Waals surface area contributed by atoms with Gasteiger partial charge in [-0.25, -0.2) is 4.68 Å². The Bertz CT molecular complexity index is 953. The Kier molecular flexibility index (Phi) is 5.01. The number of carbonyl (C=O) groups excluding carboxylic acids is 1. The van der Waals surface area contributed by atoms with Crippen LogP contribution in [0.4, 0.5) is 0 Å². The summed E-state index contributed by atoms with van der Waals surface area (Å²) >= 11 is 0. The van der Waals surface area contributed by atoms with E-state index < -0.39 is 0 Å². The fraction of sp³-hybridized carbons (Fsp3) is 0.304. The van der Waals surface area contributed by atoms with Gasteiger partial charge in [-0.05, 0) is 32.9 Å². The minimum absolute atomic E-state index is 0.000727. The topological polar surface area (TPSA) is 47.4 Å². The number of aromatic nitrogens is 2. The molecule has 0 bridgehead atoms. The van der Waals surface area contributed by atoms with E-state index in [9.17, 15) is 4.79 Å². The molecule has 2 atom stereocenters. The Balaban J connectivity index is 1.76. The number of hydrogen-bond acceptors (Lipinski definition) is 3. The van der Waals surface area contributed by atoms with Crippen LogP contribution in [0.2, 0.25) is 0 Å². The maximum Gasteiger partial charge on any atom is 0.257 e. The second-order valence-corrected chi connectivity index (χ2v) is 7.50. The van der Waals surface area contributed by atoms with Gasteiger partial charge < -0.3 is 9.64 Å². The van der Waals surface area contributed by atoms with E-state index >= 15 is 0 Å². The number of carbonyl (C=O) groups is 1. The van der Waals surface area contributed by atoms with E-state index in [0.717, 1.165) is 11.3 Å². The van der Waals surface area contributed by atoms with Gasteiger partial charge in [0.2, 0.25) is 0 Å². The molecule has 0 spiro atoms. The average molecular weight is 375 g/mol. The molecule has 0 aliphatic carbocycles. The Morgan fingerprint density at radius 2 is 1.64 bits per heavy atom. The number of nitrogens with zero attached hydrogens (tertiary/aromatic N) is 3. The maximum absolute atomic E-state index is 13.4. The van der Waals surface area contributed by atoms with Crippen LogP contribution >= 0.6 is 0 Å². The molecule has 2 heterocycles. The van der Waals surface area contributed by atoms with Crippen LogP contribution in [-0.4, -0.2) is 45.9 Å². The molecular formula is C23H25N3O2. The Labute approximate surface area is 165 Å². The second kappa shape index (κ2) is 7.60. The molecule has 1 fully saturated rings. The fourth-order valence-corrected chi connectivity index (χ4v) is 3.68. The summed E-state index contributed by atoms with van der Waals surface area (Å²) in [6.45, 7) is 7.24. The Morgan fingerprint density at radius 3 is 2.29 bits per heavy atom. The molecule has 144 valence electrons. The van der Waals surface area contributed by atoms with Crippen molar-refractivity contribution in [2.24, 2.45) is 0 Å². The molecule has 28 heavy (non-hydrogen) atoms. The zero-order valence-corrected chi connectivity index (χ0v) is 16.5. The van der Waals surface area contributed by atoms with Crippen molar-refractivity contribution >= 4 is 5.91 Å². The molecule has 1 aromatic heterocycles. The predicted octanol–water partition coefficient (Wildman–Crippen LogP) is 4.10. The highest BCUT2D eigenvalue weighted by Gasteiger charge is 2.29. The molecule has 3 aromatic rings. The van der Waals surface area contributed by atoms with Crippen molar-refractivity contribution in [2.45, 2.75) is 33.0 Å². The van der Waals surface area contributed by atoms with Crippen molar-refractivity contribution in [1.82, 2.24) is 14.7 Å². The summed E-state index contributed by atoms with van der Waals surface area (Å²) in [6, 6.07) is 18.0. The molecule has 1 saturated heterocycles. The summed E-state index contributed by atoms with van der Waals surface area (Å²) in [6.07, 6.45) is 1.90. The van der Waals surface area contributed by atoms with Gasteiger partial charge >= 0.3 is 0 Å².